The van der Waals surface area contributed by atoms with Crippen molar-refractivity contribution in [3.63, 3.8) is 0 Å². The standard InChI is InChI=1S/C32H34ClFN6O2/c33-23-11-10-22(25(34)15-23)19-42-31-9-3-8-26(39-31)21-6-1-4-20(5-2-7-21)14-30-38-27-16-28(32(35)36)37-17-29(27)40(30)18-24-12-13-41-24/h3-4,8-11,15-17,21,24H,1-2,5-7,12-14,18-19H2,(H3,35,36)/b20-4-/t21?,24-/m0/s1. The second-order valence-corrected chi connectivity index (χ2v) is 11.5. The van der Waals surface area contributed by atoms with Gasteiger partial charge in [-0.2, -0.15) is 0 Å². The fourth-order valence-electron chi connectivity index (χ4n) is 5.69. The van der Waals surface area contributed by atoms with Crippen LogP contribution in [-0.2, 0) is 24.3 Å². The number of amidine groups is 1. The molecular weight excluding hydrogens is 555 g/mol. The highest BCUT2D eigenvalue weighted by atomic mass is 35.5. The number of hydrogen-bond acceptors (Lipinski definition) is 6. The molecule has 2 aliphatic rings. The van der Waals surface area contributed by atoms with Crippen molar-refractivity contribution < 1.29 is 13.9 Å². The Kier molecular flexibility index (Phi) is 8.48. The van der Waals surface area contributed by atoms with Crippen molar-refractivity contribution in [2.75, 3.05) is 6.61 Å². The van der Waals surface area contributed by atoms with Crippen molar-refractivity contribution in [1.29, 1.82) is 5.41 Å². The van der Waals surface area contributed by atoms with E-state index >= 15 is 0 Å². The number of allylic oxidation sites excluding steroid dienone is 2. The van der Waals surface area contributed by atoms with Crippen LogP contribution in [-0.4, -0.2) is 38.1 Å². The van der Waals surface area contributed by atoms with Crippen molar-refractivity contribution in [2.45, 2.75) is 70.1 Å². The Hall–Kier alpha value is -3.82. The van der Waals surface area contributed by atoms with Gasteiger partial charge in [-0.15, -0.1) is 0 Å². The number of hydrogen-bond donors (Lipinski definition) is 2. The van der Waals surface area contributed by atoms with Crippen LogP contribution in [0.25, 0.3) is 11.0 Å². The summed E-state index contributed by atoms with van der Waals surface area (Å²) in [6.45, 7) is 1.65. The van der Waals surface area contributed by atoms with E-state index in [1.807, 2.05) is 12.1 Å². The molecule has 3 aromatic heterocycles. The third kappa shape index (κ3) is 6.47. The van der Waals surface area contributed by atoms with E-state index in [0.717, 1.165) is 80.6 Å². The van der Waals surface area contributed by atoms with Gasteiger partial charge in [0.05, 0.1) is 29.9 Å². The molecule has 1 unspecified atom stereocenters. The van der Waals surface area contributed by atoms with Gasteiger partial charge in [0.2, 0.25) is 5.88 Å². The summed E-state index contributed by atoms with van der Waals surface area (Å²) in [5.41, 5.74) is 10.7. The molecule has 2 atom stereocenters. The molecule has 0 bridgehead atoms. The molecule has 8 nitrogen and oxygen atoms in total. The zero-order valence-corrected chi connectivity index (χ0v) is 24.1. The minimum absolute atomic E-state index is 0.0605. The normalized spacial score (nSPS) is 20.3. The van der Waals surface area contributed by atoms with Crippen LogP contribution in [0.5, 0.6) is 5.88 Å². The SMILES string of the molecule is N=C(N)c1cc2nc(C/C3=C\CCC(c4cccc(OCc5ccc(Cl)cc5F)n4)CCC3)n(C[C@@H]3CCO3)c2cn1. The average molecular weight is 589 g/mol. The van der Waals surface area contributed by atoms with Gasteiger partial charge in [-0.3, -0.25) is 10.4 Å². The summed E-state index contributed by atoms with van der Waals surface area (Å²) >= 11 is 5.86. The maximum absolute atomic E-state index is 14.2. The number of pyridine rings is 2. The fraction of sp³-hybridized carbons (Fsp3) is 0.375. The van der Waals surface area contributed by atoms with Gasteiger partial charge in [0.25, 0.3) is 0 Å². The quantitative estimate of drug-likeness (QED) is 0.131. The lowest BCUT2D eigenvalue weighted by molar-refractivity contribution is -0.0589. The molecule has 1 aromatic carbocycles. The average Bonchev–Trinajstić information content (AvgIpc) is 3.27. The van der Waals surface area contributed by atoms with Crippen LogP contribution in [0, 0.1) is 11.2 Å². The first-order valence-corrected chi connectivity index (χ1v) is 14.8. The van der Waals surface area contributed by atoms with E-state index in [-0.39, 0.29) is 24.4 Å². The second kappa shape index (κ2) is 12.6. The Labute approximate surface area is 249 Å². The Morgan fingerprint density at radius 1 is 1.17 bits per heavy atom. The van der Waals surface area contributed by atoms with Crippen LogP contribution in [0.4, 0.5) is 4.39 Å². The number of nitrogens with two attached hydrogens (primary N) is 1. The van der Waals surface area contributed by atoms with Gasteiger partial charge >= 0.3 is 0 Å². The molecule has 4 heterocycles. The van der Waals surface area contributed by atoms with Crippen LogP contribution in [0.2, 0.25) is 5.02 Å². The lowest BCUT2D eigenvalue weighted by atomic mass is 9.88. The van der Waals surface area contributed by atoms with Gasteiger partial charge in [-0.1, -0.05) is 35.4 Å². The highest BCUT2D eigenvalue weighted by Crippen LogP contribution is 2.32. The highest BCUT2D eigenvalue weighted by molar-refractivity contribution is 6.30. The molecular formula is C32H34ClFN6O2. The monoisotopic (exact) mass is 588 g/mol. The zero-order chi connectivity index (χ0) is 29.1. The molecule has 1 aliphatic heterocycles. The molecule has 0 spiro atoms. The van der Waals surface area contributed by atoms with Crippen LogP contribution < -0.4 is 10.5 Å². The van der Waals surface area contributed by atoms with Crippen LogP contribution >= 0.6 is 11.6 Å². The molecule has 4 aromatic rings. The molecule has 3 N–H and O–H groups in total. The van der Waals surface area contributed by atoms with Crippen LogP contribution in [0.15, 0.2) is 60.3 Å². The van der Waals surface area contributed by atoms with Crippen molar-refractivity contribution in [3.05, 3.63) is 93.9 Å². The number of rotatable bonds is 9. The van der Waals surface area contributed by atoms with E-state index in [0.29, 0.717) is 28.1 Å². The van der Waals surface area contributed by atoms with Crippen molar-refractivity contribution in [2.24, 2.45) is 5.73 Å². The summed E-state index contributed by atoms with van der Waals surface area (Å²) in [5, 5.41) is 8.12. The van der Waals surface area contributed by atoms with Gasteiger partial charge in [0.15, 0.2) is 0 Å². The van der Waals surface area contributed by atoms with Crippen molar-refractivity contribution in [3.8, 4) is 5.88 Å². The van der Waals surface area contributed by atoms with Gasteiger partial charge in [0.1, 0.15) is 29.8 Å². The predicted molar refractivity (Wildman–Crippen MR) is 160 cm³/mol. The van der Waals surface area contributed by atoms with E-state index in [1.165, 1.54) is 11.6 Å². The Morgan fingerprint density at radius 3 is 2.83 bits per heavy atom. The van der Waals surface area contributed by atoms with E-state index < -0.39 is 0 Å². The predicted octanol–water partition coefficient (Wildman–Crippen LogP) is 6.49. The minimum atomic E-state index is -0.384. The van der Waals surface area contributed by atoms with E-state index in [1.54, 1.807) is 24.4 Å². The summed E-state index contributed by atoms with van der Waals surface area (Å²) in [6.07, 6.45) is 11.1. The van der Waals surface area contributed by atoms with Gasteiger partial charge in [-0.25, -0.2) is 14.4 Å². The lowest BCUT2D eigenvalue weighted by Gasteiger charge is -2.27. The molecule has 1 aliphatic carbocycles. The number of nitrogens with zero attached hydrogens (tertiary/aromatic N) is 4. The third-order valence-corrected chi connectivity index (χ3v) is 8.34. The van der Waals surface area contributed by atoms with Gasteiger partial charge in [0, 0.05) is 41.3 Å². The fourth-order valence-corrected chi connectivity index (χ4v) is 5.85. The minimum Gasteiger partial charge on any atom is -0.473 e. The Balaban J connectivity index is 1.13. The molecule has 218 valence electrons. The number of imidazole rings is 1. The summed E-state index contributed by atoms with van der Waals surface area (Å²) in [6, 6.07) is 12.2. The maximum atomic E-state index is 14.2. The van der Waals surface area contributed by atoms with E-state index in [2.05, 4.69) is 21.7 Å². The van der Waals surface area contributed by atoms with Crippen LogP contribution in [0.1, 0.15) is 67.2 Å². The molecule has 10 heteroatoms. The van der Waals surface area contributed by atoms with Crippen molar-refractivity contribution in [1.82, 2.24) is 19.5 Å². The third-order valence-electron chi connectivity index (χ3n) is 8.11. The summed E-state index contributed by atoms with van der Waals surface area (Å²) < 4.78 is 27.9. The molecule has 0 amide bonds. The lowest BCUT2D eigenvalue weighted by Crippen LogP contribution is -2.31. The van der Waals surface area contributed by atoms with Crippen molar-refractivity contribution >= 4 is 28.5 Å². The van der Waals surface area contributed by atoms with Crippen LogP contribution in [0.3, 0.4) is 0 Å². The van der Waals surface area contributed by atoms with Gasteiger partial charge in [-0.05, 0) is 62.8 Å². The number of benzene rings is 1. The van der Waals surface area contributed by atoms with Gasteiger partial charge < -0.3 is 19.8 Å². The smallest absolute Gasteiger partial charge is 0.213 e. The Bertz CT molecular complexity index is 1630. The number of nitrogen functional groups attached to an aromatic ring is 1. The number of aromatic nitrogens is 4. The Morgan fingerprint density at radius 2 is 2.05 bits per heavy atom. The first-order valence-electron chi connectivity index (χ1n) is 14.5. The molecule has 42 heavy (non-hydrogen) atoms. The highest BCUT2D eigenvalue weighted by Gasteiger charge is 2.23. The number of nitrogens with one attached hydrogen (secondary N) is 1. The molecule has 1 saturated heterocycles. The largest absolute Gasteiger partial charge is 0.473 e. The summed E-state index contributed by atoms with van der Waals surface area (Å²) in [4.78, 5) is 14.1. The summed E-state index contributed by atoms with van der Waals surface area (Å²) in [5.74, 6) is 1.38. The maximum Gasteiger partial charge on any atom is 0.213 e. The zero-order valence-electron chi connectivity index (χ0n) is 23.4. The number of halogens is 2. The molecule has 0 saturated carbocycles. The first kappa shape index (κ1) is 28.3. The van der Waals surface area contributed by atoms with E-state index in [4.69, 9.17) is 42.2 Å². The molecule has 6 rings (SSSR count). The number of ether oxygens (including phenoxy) is 2. The first-order chi connectivity index (χ1) is 20.4. The molecule has 1 fully saturated rings. The van der Waals surface area contributed by atoms with E-state index in [9.17, 15) is 4.39 Å². The number of fused-ring (bicyclic) bond motifs is 1. The summed E-state index contributed by atoms with van der Waals surface area (Å²) in [7, 11) is 0. The molecule has 0 radical (unpaired) electrons. The second-order valence-electron chi connectivity index (χ2n) is 11.0. The topological polar surface area (TPSA) is 112 Å².